The second-order valence-corrected chi connectivity index (χ2v) is 7.16. The molecule has 0 radical (unpaired) electrons. The average Bonchev–Trinajstić information content (AvgIpc) is 3.42. The van der Waals surface area contributed by atoms with Gasteiger partial charge in [-0.05, 0) is 24.6 Å². The summed E-state index contributed by atoms with van der Waals surface area (Å²) < 4.78 is 10.9. The highest BCUT2D eigenvalue weighted by atomic mass is 79.9. The molecule has 0 N–H and O–H groups in total. The summed E-state index contributed by atoms with van der Waals surface area (Å²) in [6, 6.07) is 6.04. The monoisotopic (exact) mass is 428 g/mol. The predicted molar refractivity (Wildman–Crippen MR) is 96.0 cm³/mol. The minimum atomic E-state index is -1.42. The number of halogens is 1. The molecule has 1 fully saturated rings. The van der Waals surface area contributed by atoms with Gasteiger partial charge in [0.15, 0.2) is 5.54 Å². The van der Waals surface area contributed by atoms with Gasteiger partial charge in [0, 0.05) is 29.5 Å². The van der Waals surface area contributed by atoms with E-state index in [2.05, 4.69) is 15.9 Å². The van der Waals surface area contributed by atoms with Gasteiger partial charge in [-0.2, -0.15) is 0 Å². The Morgan fingerprint density at radius 1 is 1.35 bits per heavy atom. The number of esters is 1. The van der Waals surface area contributed by atoms with E-state index in [1.807, 2.05) is 0 Å². The Morgan fingerprint density at radius 3 is 2.42 bits per heavy atom. The van der Waals surface area contributed by atoms with Crippen molar-refractivity contribution in [3.05, 3.63) is 44.4 Å². The third-order valence-corrected chi connectivity index (χ3v) is 5.19. The van der Waals surface area contributed by atoms with Crippen molar-refractivity contribution < 1.29 is 24.0 Å². The molecule has 9 heteroatoms. The Bertz CT molecular complexity index is 695. The largest absolute Gasteiger partial charge is 0.467 e. The second-order valence-electron chi connectivity index (χ2n) is 6.25. The third kappa shape index (κ3) is 3.88. The molecule has 142 valence electrons. The molecule has 0 saturated heterocycles. The molecule has 26 heavy (non-hydrogen) atoms. The summed E-state index contributed by atoms with van der Waals surface area (Å²) in [6.07, 6.45) is 0.174. The molecule has 0 aliphatic heterocycles. The lowest BCUT2D eigenvalue weighted by atomic mass is 9.89. The fraction of sp³-hybridized carbons (Fsp3) is 0.529. The number of amides is 1. The zero-order valence-corrected chi connectivity index (χ0v) is 16.4. The molecule has 0 aromatic heterocycles. The van der Waals surface area contributed by atoms with Gasteiger partial charge < -0.3 is 14.4 Å². The number of rotatable bonds is 8. The quantitative estimate of drug-likeness (QED) is 0.356. The van der Waals surface area contributed by atoms with Gasteiger partial charge >= 0.3 is 5.97 Å². The van der Waals surface area contributed by atoms with Gasteiger partial charge in [-0.15, -0.1) is 0 Å². The van der Waals surface area contributed by atoms with E-state index in [0.29, 0.717) is 5.56 Å². The standard InChI is InChI=1S/C17H21BrN2O6/c1-17(16(22)26-3,11-4-6-12(18)7-5-11)19(8-9-25-2)15(21)13-10-14(13)20(23)24/h4-7,13-14H,8-10H2,1-3H3. The second kappa shape index (κ2) is 8.13. The SMILES string of the molecule is COCCN(C(=O)C1CC1[N+](=O)[O-])C(C)(C(=O)OC)c1ccc(Br)cc1. The van der Waals surface area contributed by atoms with Crippen molar-refractivity contribution in [2.45, 2.75) is 24.9 Å². The minimum absolute atomic E-state index is 0.109. The number of nitrogens with zero attached hydrogens (tertiary/aromatic N) is 2. The van der Waals surface area contributed by atoms with Gasteiger partial charge in [-0.1, -0.05) is 28.1 Å². The summed E-state index contributed by atoms with van der Waals surface area (Å²) in [5.74, 6) is -1.80. The number of nitro groups is 1. The van der Waals surface area contributed by atoms with Crippen molar-refractivity contribution in [2.24, 2.45) is 5.92 Å². The number of ether oxygens (including phenoxy) is 2. The summed E-state index contributed by atoms with van der Waals surface area (Å²) in [6.45, 7) is 1.88. The zero-order valence-electron chi connectivity index (χ0n) is 14.8. The lowest BCUT2D eigenvalue weighted by molar-refractivity contribution is -0.497. The summed E-state index contributed by atoms with van der Waals surface area (Å²) in [5, 5.41) is 11.0. The zero-order chi connectivity index (χ0) is 19.5. The van der Waals surface area contributed by atoms with Gasteiger partial charge in [-0.25, -0.2) is 4.79 Å². The Balaban J connectivity index is 2.45. The van der Waals surface area contributed by atoms with Crippen molar-refractivity contribution in [3.8, 4) is 0 Å². The molecular formula is C17H21BrN2O6. The number of benzene rings is 1. The van der Waals surface area contributed by atoms with E-state index < -0.39 is 34.3 Å². The smallest absolute Gasteiger partial charge is 0.336 e. The van der Waals surface area contributed by atoms with Gasteiger partial charge in [0.05, 0.1) is 13.7 Å². The van der Waals surface area contributed by atoms with Crippen LogP contribution in [0.2, 0.25) is 0 Å². The first-order valence-corrected chi connectivity index (χ1v) is 8.85. The van der Waals surface area contributed by atoms with Crippen molar-refractivity contribution in [2.75, 3.05) is 27.4 Å². The molecular weight excluding hydrogens is 408 g/mol. The van der Waals surface area contributed by atoms with E-state index in [4.69, 9.17) is 9.47 Å². The van der Waals surface area contributed by atoms with Crippen molar-refractivity contribution in [3.63, 3.8) is 0 Å². The van der Waals surface area contributed by atoms with Gasteiger partial charge in [0.1, 0.15) is 5.92 Å². The molecule has 0 spiro atoms. The van der Waals surface area contributed by atoms with E-state index in [0.717, 1.165) is 4.47 Å². The van der Waals surface area contributed by atoms with Crippen LogP contribution >= 0.6 is 15.9 Å². The van der Waals surface area contributed by atoms with Crippen LogP contribution in [-0.4, -0.2) is 55.1 Å². The van der Waals surface area contributed by atoms with Crippen LogP contribution in [0.4, 0.5) is 0 Å². The Labute approximate surface area is 159 Å². The summed E-state index contributed by atoms with van der Waals surface area (Å²) in [7, 11) is 2.73. The van der Waals surface area contributed by atoms with Crippen LogP contribution in [0.25, 0.3) is 0 Å². The maximum atomic E-state index is 13.0. The van der Waals surface area contributed by atoms with E-state index in [9.17, 15) is 19.7 Å². The van der Waals surface area contributed by atoms with Crippen molar-refractivity contribution in [1.29, 1.82) is 0 Å². The fourth-order valence-electron chi connectivity index (χ4n) is 2.97. The molecule has 1 aromatic carbocycles. The molecule has 0 heterocycles. The number of hydrogen-bond donors (Lipinski definition) is 0. The lowest BCUT2D eigenvalue weighted by Crippen LogP contribution is -2.55. The normalized spacial score (nSPS) is 20.8. The lowest BCUT2D eigenvalue weighted by Gasteiger charge is -2.39. The first-order chi connectivity index (χ1) is 12.3. The maximum absolute atomic E-state index is 13.0. The number of carbonyl (C=O) groups is 2. The van der Waals surface area contributed by atoms with Crippen LogP contribution in [0.1, 0.15) is 18.9 Å². The minimum Gasteiger partial charge on any atom is -0.467 e. The Kier molecular flexibility index (Phi) is 6.35. The van der Waals surface area contributed by atoms with Crippen LogP contribution in [0, 0.1) is 16.0 Å². The number of hydrogen-bond acceptors (Lipinski definition) is 6. The topological polar surface area (TPSA) is 99.0 Å². The molecule has 1 aliphatic rings. The van der Waals surface area contributed by atoms with Crippen molar-refractivity contribution >= 4 is 27.8 Å². The van der Waals surface area contributed by atoms with Gasteiger partial charge in [0.2, 0.25) is 11.9 Å². The molecule has 1 aliphatic carbocycles. The molecule has 3 atom stereocenters. The van der Waals surface area contributed by atoms with Crippen LogP contribution < -0.4 is 0 Å². The van der Waals surface area contributed by atoms with Crippen LogP contribution in [-0.2, 0) is 24.6 Å². The number of carbonyl (C=O) groups excluding carboxylic acids is 2. The Morgan fingerprint density at radius 2 is 1.96 bits per heavy atom. The van der Waals surface area contributed by atoms with E-state index >= 15 is 0 Å². The number of methoxy groups -OCH3 is 2. The van der Waals surface area contributed by atoms with Gasteiger partial charge in [-0.3, -0.25) is 14.9 Å². The van der Waals surface area contributed by atoms with Crippen LogP contribution in [0.15, 0.2) is 28.7 Å². The highest BCUT2D eigenvalue weighted by Gasteiger charge is 2.58. The van der Waals surface area contributed by atoms with Crippen LogP contribution in [0.3, 0.4) is 0 Å². The van der Waals surface area contributed by atoms with E-state index in [-0.39, 0.29) is 19.6 Å². The molecule has 1 aromatic rings. The summed E-state index contributed by atoms with van der Waals surface area (Å²) in [5.41, 5.74) is -0.871. The first-order valence-electron chi connectivity index (χ1n) is 8.05. The summed E-state index contributed by atoms with van der Waals surface area (Å²) >= 11 is 3.34. The summed E-state index contributed by atoms with van der Waals surface area (Å²) in [4.78, 5) is 37.5. The highest BCUT2D eigenvalue weighted by molar-refractivity contribution is 9.10. The first kappa shape index (κ1) is 20.3. The van der Waals surface area contributed by atoms with Gasteiger partial charge in [0.25, 0.3) is 0 Å². The predicted octanol–water partition coefficient (Wildman–Crippen LogP) is 1.98. The molecule has 0 bridgehead atoms. The molecule has 3 unspecified atom stereocenters. The third-order valence-electron chi connectivity index (χ3n) is 4.66. The van der Waals surface area contributed by atoms with E-state index in [1.165, 1.54) is 19.1 Å². The average molecular weight is 429 g/mol. The Hall–Kier alpha value is -2.00. The maximum Gasteiger partial charge on any atom is 0.336 e. The molecule has 8 nitrogen and oxygen atoms in total. The highest BCUT2D eigenvalue weighted by Crippen LogP contribution is 2.39. The molecule has 1 amide bonds. The van der Waals surface area contributed by atoms with Crippen molar-refractivity contribution in [1.82, 2.24) is 4.90 Å². The van der Waals surface area contributed by atoms with Crippen LogP contribution in [0.5, 0.6) is 0 Å². The fourth-order valence-corrected chi connectivity index (χ4v) is 3.24. The molecule has 2 rings (SSSR count). The molecule has 1 saturated carbocycles. The van der Waals surface area contributed by atoms with E-state index in [1.54, 1.807) is 31.2 Å².